The van der Waals surface area contributed by atoms with Gasteiger partial charge < -0.3 is 15.0 Å². The summed E-state index contributed by atoms with van der Waals surface area (Å²) in [7, 11) is 0. The van der Waals surface area contributed by atoms with Crippen molar-refractivity contribution < 1.29 is 19.1 Å². The zero-order valence-electron chi connectivity index (χ0n) is 14.7. The minimum Gasteiger partial charge on any atom is -0.454 e. The lowest BCUT2D eigenvalue weighted by Crippen LogP contribution is -2.41. The molecule has 10 heteroatoms. The van der Waals surface area contributed by atoms with Crippen molar-refractivity contribution in [2.75, 3.05) is 18.5 Å². The molecule has 1 atom stereocenters. The molecule has 28 heavy (non-hydrogen) atoms. The number of hydrogen-bond acceptors (Lipinski definition) is 8. The van der Waals surface area contributed by atoms with Gasteiger partial charge >= 0.3 is 5.97 Å². The highest BCUT2D eigenvalue weighted by atomic mass is 32.1. The molecule has 2 aromatic heterocycles. The quantitative estimate of drug-likeness (QED) is 0.642. The van der Waals surface area contributed by atoms with Crippen LogP contribution in [0, 0.1) is 0 Å². The van der Waals surface area contributed by atoms with Gasteiger partial charge in [-0.05, 0) is 36.4 Å². The normalized spacial score (nSPS) is 16.3. The Hall–Kier alpha value is -2.85. The fourth-order valence-electron chi connectivity index (χ4n) is 3.12. The van der Waals surface area contributed by atoms with Crippen molar-refractivity contribution in [3.63, 3.8) is 0 Å². The molecule has 0 spiro atoms. The second-order valence-electron chi connectivity index (χ2n) is 6.23. The molecule has 3 heterocycles. The minimum absolute atomic E-state index is 0.179. The molecule has 1 N–H and O–H groups in total. The first-order valence-electron chi connectivity index (χ1n) is 8.66. The maximum absolute atomic E-state index is 12.5. The summed E-state index contributed by atoms with van der Waals surface area (Å²) in [6.45, 7) is 0.0752. The predicted molar refractivity (Wildman–Crippen MR) is 105 cm³/mol. The summed E-state index contributed by atoms with van der Waals surface area (Å²) < 4.78 is 13.4. The maximum atomic E-state index is 12.5. The van der Waals surface area contributed by atoms with Gasteiger partial charge in [0.25, 0.3) is 11.8 Å². The molecule has 0 aliphatic carbocycles. The number of likely N-dealkylation sites (tertiary alicyclic amines) is 1. The summed E-state index contributed by atoms with van der Waals surface area (Å²) in [6.07, 6.45) is 1.25. The summed E-state index contributed by atoms with van der Waals surface area (Å²) >= 11 is 2.39. The van der Waals surface area contributed by atoms with Crippen molar-refractivity contribution in [3.05, 3.63) is 40.6 Å². The van der Waals surface area contributed by atoms with Gasteiger partial charge in [-0.1, -0.05) is 12.1 Å². The molecule has 2 amide bonds. The Balaban J connectivity index is 1.35. The van der Waals surface area contributed by atoms with Crippen LogP contribution in [0.2, 0.25) is 0 Å². The molecule has 8 nitrogen and oxygen atoms in total. The first-order chi connectivity index (χ1) is 13.6. The van der Waals surface area contributed by atoms with Gasteiger partial charge in [0.15, 0.2) is 6.61 Å². The molecule has 144 valence electrons. The third kappa shape index (κ3) is 3.73. The number of aromatic nitrogens is 2. The molecule has 0 saturated carbocycles. The van der Waals surface area contributed by atoms with Crippen molar-refractivity contribution in [2.24, 2.45) is 0 Å². The topological polar surface area (TPSA) is 101 Å². The van der Waals surface area contributed by atoms with E-state index in [0.29, 0.717) is 34.6 Å². The highest BCUT2D eigenvalue weighted by molar-refractivity contribution is 7.12. The SMILES string of the molecule is O=C(COC(=O)[C@@H]1CCCN1C(=O)c1cccs1)Nc1cccc2nsnc12. The van der Waals surface area contributed by atoms with Crippen LogP contribution >= 0.6 is 23.1 Å². The summed E-state index contributed by atoms with van der Waals surface area (Å²) in [6, 6.07) is 8.14. The Morgan fingerprint density at radius 2 is 2.11 bits per heavy atom. The van der Waals surface area contributed by atoms with Crippen molar-refractivity contribution in [1.82, 2.24) is 13.6 Å². The van der Waals surface area contributed by atoms with Crippen molar-refractivity contribution >= 4 is 57.6 Å². The van der Waals surface area contributed by atoms with E-state index in [0.717, 1.165) is 18.1 Å². The van der Waals surface area contributed by atoms with Crippen LogP contribution in [0.3, 0.4) is 0 Å². The fraction of sp³-hybridized carbons (Fsp3) is 0.278. The first-order valence-corrected chi connectivity index (χ1v) is 10.3. The number of nitrogens with zero attached hydrogens (tertiary/aromatic N) is 3. The number of anilines is 1. The number of amides is 2. The Kier molecular flexibility index (Phi) is 5.31. The Morgan fingerprint density at radius 1 is 1.21 bits per heavy atom. The molecule has 1 saturated heterocycles. The van der Waals surface area contributed by atoms with Crippen LogP contribution in [0.1, 0.15) is 22.5 Å². The fourth-order valence-corrected chi connectivity index (χ4v) is 4.35. The average Bonchev–Trinajstić information content (AvgIpc) is 3.46. The van der Waals surface area contributed by atoms with Gasteiger partial charge in [-0.25, -0.2) is 4.79 Å². The molecular weight excluding hydrogens is 400 g/mol. The van der Waals surface area contributed by atoms with E-state index >= 15 is 0 Å². The Morgan fingerprint density at radius 3 is 2.93 bits per heavy atom. The summed E-state index contributed by atoms with van der Waals surface area (Å²) in [4.78, 5) is 39.3. The van der Waals surface area contributed by atoms with Crippen LogP contribution < -0.4 is 5.32 Å². The number of ether oxygens (including phenoxy) is 1. The summed E-state index contributed by atoms with van der Waals surface area (Å²) in [5.74, 6) is -1.21. The third-order valence-electron chi connectivity index (χ3n) is 4.42. The van der Waals surface area contributed by atoms with E-state index in [-0.39, 0.29) is 5.91 Å². The Bertz CT molecular complexity index is 1020. The number of thiophene rings is 1. The number of hydrogen-bond donors (Lipinski definition) is 1. The lowest BCUT2D eigenvalue weighted by Gasteiger charge is -2.22. The molecular formula is C18H16N4O4S2. The van der Waals surface area contributed by atoms with Crippen LogP contribution in [0.5, 0.6) is 0 Å². The number of nitrogens with one attached hydrogen (secondary N) is 1. The molecule has 0 bridgehead atoms. The van der Waals surface area contributed by atoms with Gasteiger partial charge in [0, 0.05) is 6.54 Å². The molecule has 1 fully saturated rings. The lowest BCUT2D eigenvalue weighted by atomic mass is 10.2. The third-order valence-corrected chi connectivity index (χ3v) is 5.82. The van der Waals surface area contributed by atoms with Crippen LogP contribution in [0.25, 0.3) is 11.0 Å². The van der Waals surface area contributed by atoms with Gasteiger partial charge in [-0.15, -0.1) is 11.3 Å². The van der Waals surface area contributed by atoms with Gasteiger partial charge in [-0.2, -0.15) is 8.75 Å². The minimum atomic E-state index is -0.659. The van der Waals surface area contributed by atoms with E-state index < -0.39 is 24.5 Å². The lowest BCUT2D eigenvalue weighted by molar-refractivity contribution is -0.151. The van der Waals surface area contributed by atoms with Crippen molar-refractivity contribution in [1.29, 1.82) is 0 Å². The smallest absolute Gasteiger partial charge is 0.329 e. The molecule has 3 aromatic rings. The first kappa shape index (κ1) is 18.5. The molecule has 1 aliphatic heterocycles. The zero-order chi connectivity index (χ0) is 19.5. The number of carbonyl (C=O) groups excluding carboxylic acids is 3. The van der Waals surface area contributed by atoms with E-state index in [1.54, 1.807) is 30.3 Å². The van der Waals surface area contributed by atoms with Gasteiger partial charge in [0.1, 0.15) is 17.1 Å². The standard InChI is InChI=1S/C18H16N4O4S2/c23-15(19-11-4-1-5-12-16(11)21-28-20-12)10-26-18(25)13-6-2-8-22(13)17(24)14-7-3-9-27-14/h1,3-5,7,9,13H,2,6,8,10H2,(H,19,23)/t13-/m0/s1. The second-order valence-corrected chi connectivity index (χ2v) is 7.70. The molecule has 4 rings (SSSR count). The maximum Gasteiger partial charge on any atom is 0.329 e. The Labute approximate surface area is 168 Å². The zero-order valence-corrected chi connectivity index (χ0v) is 16.3. The van der Waals surface area contributed by atoms with Gasteiger partial charge in [0.2, 0.25) is 0 Å². The van der Waals surface area contributed by atoms with E-state index in [4.69, 9.17) is 4.74 Å². The molecule has 0 radical (unpaired) electrons. The highest BCUT2D eigenvalue weighted by Crippen LogP contribution is 2.23. The largest absolute Gasteiger partial charge is 0.454 e. The molecule has 0 unspecified atom stereocenters. The van der Waals surface area contributed by atoms with E-state index in [1.807, 2.05) is 5.38 Å². The van der Waals surface area contributed by atoms with Gasteiger partial charge in [0.05, 0.1) is 22.3 Å². The van der Waals surface area contributed by atoms with E-state index in [2.05, 4.69) is 14.1 Å². The van der Waals surface area contributed by atoms with Crippen LogP contribution in [0.15, 0.2) is 35.7 Å². The average molecular weight is 416 g/mol. The molecule has 1 aromatic carbocycles. The van der Waals surface area contributed by atoms with Crippen molar-refractivity contribution in [3.8, 4) is 0 Å². The van der Waals surface area contributed by atoms with Gasteiger partial charge in [-0.3, -0.25) is 9.59 Å². The number of esters is 1. The van der Waals surface area contributed by atoms with Crippen LogP contribution in [-0.4, -0.2) is 50.6 Å². The van der Waals surface area contributed by atoms with E-state index in [1.165, 1.54) is 16.2 Å². The van der Waals surface area contributed by atoms with Crippen molar-refractivity contribution in [2.45, 2.75) is 18.9 Å². The summed E-state index contributed by atoms with van der Waals surface area (Å²) in [5.41, 5.74) is 1.80. The number of fused-ring (bicyclic) bond motifs is 1. The number of carbonyl (C=O) groups is 3. The predicted octanol–water partition coefficient (Wildman–Crippen LogP) is 2.54. The second kappa shape index (κ2) is 8.03. The van der Waals surface area contributed by atoms with Crippen LogP contribution in [-0.2, 0) is 14.3 Å². The monoisotopic (exact) mass is 416 g/mol. The summed E-state index contributed by atoms with van der Waals surface area (Å²) in [5, 5.41) is 4.50. The highest BCUT2D eigenvalue weighted by Gasteiger charge is 2.36. The van der Waals surface area contributed by atoms with Crippen LogP contribution in [0.4, 0.5) is 5.69 Å². The van der Waals surface area contributed by atoms with E-state index in [9.17, 15) is 14.4 Å². The molecule has 1 aliphatic rings. The number of benzene rings is 1. The number of rotatable bonds is 5.